The summed E-state index contributed by atoms with van der Waals surface area (Å²) in [5.74, 6) is 1.39. The van der Waals surface area contributed by atoms with Crippen molar-refractivity contribution in [2.24, 2.45) is 5.73 Å². The molecule has 1 atom stereocenters. The number of benzene rings is 1. The lowest BCUT2D eigenvalue weighted by molar-refractivity contribution is 0.480. The number of nitrogens with zero attached hydrogens (tertiary/aromatic N) is 1. The standard InChI is InChI=1S/C15H19FN2O/c1-10-7-8-12(19-10)9-18(3)15-13(11(2)17)5-4-6-14(15)16/h4-8,11H,9,17H2,1-3H3. The molecule has 3 nitrogen and oxygen atoms in total. The maximum Gasteiger partial charge on any atom is 0.146 e. The number of hydrogen-bond donors (Lipinski definition) is 1. The molecule has 1 heterocycles. The number of rotatable bonds is 4. The number of anilines is 1. The topological polar surface area (TPSA) is 42.4 Å². The molecule has 2 rings (SSSR count). The summed E-state index contributed by atoms with van der Waals surface area (Å²) < 4.78 is 19.6. The van der Waals surface area contributed by atoms with Crippen molar-refractivity contribution in [1.82, 2.24) is 0 Å². The predicted octanol–water partition coefficient (Wildman–Crippen LogP) is 3.38. The van der Waals surface area contributed by atoms with Crippen molar-refractivity contribution in [3.8, 4) is 0 Å². The van der Waals surface area contributed by atoms with E-state index in [0.717, 1.165) is 17.1 Å². The van der Waals surface area contributed by atoms with Gasteiger partial charge in [0.05, 0.1) is 12.2 Å². The molecular weight excluding hydrogens is 243 g/mol. The lowest BCUT2D eigenvalue weighted by Crippen LogP contribution is -2.21. The summed E-state index contributed by atoms with van der Waals surface area (Å²) in [6.45, 7) is 4.25. The fourth-order valence-corrected chi connectivity index (χ4v) is 2.19. The van der Waals surface area contributed by atoms with Gasteiger partial charge in [0.25, 0.3) is 0 Å². The zero-order valence-electron chi connectivity index (χ0n) is 11.5. The first kappa shape index (κ1) is 13.6. The summed E-state index contributed by atoms with van der Waals surface area (Å²) in [6, 6.07) is 8.57. The van der Waals surface area contributed by atoms with Gasteiger partial charge in [-0.1, -0.05) is 12.1 Å². The molecule has 0 spiro atoms. The summed E-state index contributed by atoms with van der Waals surface area (Å²) in [4.78, 5) is 1.83. The van der Waals surface area contributed by atoms with Crippen LogP contribution in [0.5, 0.6) is 0 Å². The number of furan rings is 1. The van der Waals surface area contributed by atoms with Crippen LogP contribution in [0.25, 0.3) is 0 Å². The molecule has 0 amide bonds. The Labute approximate surface area is 112 Å². The molecular formula is C15H19FN2O. The zero-order chi connectivity index (χ0) is 14.0. The molecule has 102 valence electrons. The van der Waals surface area contributed by atoms with Gasteiger partial charge in [-0.3, -0.25) is 0 Å². The van der Waals surface area contributed by atoms with Crippen molar-refractivity contribution in [1.29, 1.82) is 0 Å². The Balaban J connectivity index is 2.30. The fraction of sp³-hybridized carbons (Fsp3) is 0.333. The first-order valence-electron chi connectivity index (χ1n) is 6.29. The molecule has 4 heteroatoms. The molecule has 0 radical (unpaired) electrons. The van der Waals surface area contributed by atoms with Crippen molar-refractivity contribution in [2.45, 2.75) is 26.4 Å². The highest BCUT2D eigenvalue weighted by molar-refractivity contribution is 5.55. The summed E-state index contributed by atoms with van der Waals surface area (Å²) in [6.07, 6.45) is 0. The smallest absolute Gasteiger partial charge is 0.146 e. The van der Waals surface area contributed by atoms with Gasteiger partial charge in [-0.25, -0.2) is 4.39 Å². The van der Waals surface area contributed by atoms with E-state index >= 15 is 0 Å². The third kappa shape index (κ3) is 2.96. The molecule has 19 heavy (non-hydrogen) atoms. The van der Waals surface area contributed by atoms with Gasteiger partial charge in [0, 0.05) is 13.1 Å². The number of nitrogens with two attached hydrogens (primary N) is 1. The number of halogens is 1. The van der Waals surface area contributed by atoms with E-state index < -0.39 is 0 Å². The second-order valence-corrected chi connectivity index (χ2v) is 4.83. The van der Waals surface area contributed by atoms with Gasteiger partial charge in [-0.2, -0.15) is 0 Å². The molecule has 0 aliphatic rings. The van der Waals surface area contributed by atoms with Gasteiger partial charge in [0.15, 0.2) is 0 Å². The predicted molar refractivity (Wildman–Crippen MR) is 74.6 cm³/mol. The maximum absolute atomic E-state index is 14.0. The Bertz CT molecular complexity index is 563. The van der Waals surface area contributed by atoms with Crippen LogP contribution in [0.2, 0.25) is 0 Å². The molecule has 2 aromatic rings. The summed E-state index contributed by atoms with van der Waals surface area (Å²) in [5, 5.41) is 0. The van der Waals surface area contributed by atoms with Crippen LogP contribution in [0, 0.1) is 12.7 Å². The molecule has 0 aliphatic heterocycles. The normalized spacial score (nSPS) is 12.5. The number of hydrogen-bond acceptors (Lipinski definition) is 3. The van der Waals surface area contributed by atoms with Gasteiger partial charge in [-0.05, 0) is 37.6 Å². The van der Waals surface area contributed by atoms with Crippen LogP contribution in [-0.4, -0.2) is 7.05 Å². The van der Waals surface area contributed by atoms with Crippen LogP contribution in [-0.2, 0) is 6.54 Å². The Kier molecular flexibility index (Phi) is 3.90. The van der Waals surface area contributed by atoms with Crippen LogP contribution in [0.4, 0.5) is 10.1 Å². The van der Waals surface area contributed by atoms with Crippen molar-refractivity contribution >= 4 is 5.69 Å². The molecule has 0 fully saturated rings. The van der Waals surface area contributed by atoms with Gasteiger partial charge < -0.3 is 15.1 Å². The number of para-hydroxylation sites is 1. The van der Waals surface area contributed by atoms with Gasteiger partial charge in [-0.15, -0.1) is 0 Å². The summed E-state index contributed by atoms with van der Waals surface area (Å²) in [5.41, 5.74) is 7.23. The highest BCUT2D eigenvalue weighted by Gasteiger charge is 2.16. The van der Waals surface area contributed by atoms with Crippen LogP contribution >= 0.6 is 0 Å². The monoisotopic (exact) mass is 262 g/mol. The average molecular weight is 262 g/mol. The average Bonchev–Trinajstić information content (AvgIpc) is 2.74. The van der Waals surface area contributed by atoms with Crippen LogP contribution in [0.1, 0.15) is 30.0 Å². The largest absolute Gasteiger partial charge is 0.464 e. The van der Waals surface area contributed by atoms with E-state index in [2.05, 4.69) is 0 Å². The molecule has 0 saturated heterocycles. The Hall–Kier alpha value is -1.81. The fourth-order valence-electron chi connectivity index (χ4n) is 2.19. The van der Waals surface area contributed by atoms with Crippen molar-refractivity contribution in [3.05, 3.63) is 53.2 Å². The lowest BCUT2D eigenvalue weighted by atomic mass is 10.1. The molecule has 1 aromatic carbocycles. The SMILES string of the molecule is Cc1ccc(CN(C)c2c(F)cccc2C(C)N)o1. The highest BCUT2D eigenvalue weighted by Crippen LogP contribution is 2.28. The first-order valence-corrected chi connectivity index (χ1v) is 6.29. The van der Waals surface area contributed by atoms with E-state index in [-0.39, 0.29) is 11.9 Å². The molecule has 0 bridgehead atoms. The summed E-state index contributed by atoms with van der Waals surface area (Å²) in [7, 11) is 1.84. The van der Waals surface area contributed by atoms with Gasteiger partial charge >= 0.3 is 0 Å². The molecule has 1 unspecified atom stereocenters. The van der Waals surface area contributed by atoms with Crippen molar-refractivity contribution < 1.29 is 8.81 Å². The minimum Gasteiger partial charge on any atom is -0.464 e. The Morgan fingerprint density at radius 2 is 2.05 bits per heavy atom. The van der Waals surface area contributed by atoms with E-state index in [1.807, 2.05) is 44.0 Å². The van der Waals surface area contributed by atoms with E-state index in [9.17, 15) is 4.39 Å². The van der Waals surface area contributed by atoms with E-state index in [1.54, 1.807) is 6.07 Å². The second kappa shape index (κ2) is 5.45. The Morgan fingerprint density at radius 1 is 1.32 bits per heavy atom. The number of aryl methyl sites for hydroxylation is 1. The summed E-state index contributed by atoms with van der Waals surface area (Å²) >= 11 is 0. The minimum absolute atomic E-state index is 0.216. The Morgan fingerprint density at radius 3 is 2.63 bits per heavy atom. The third-order valence-electron chi connectivity index (χ3n) is 3.08. The van der Waals surface area contributed by atoms with Crippen LogP contribution in [0.3, 0.4) is 0 Å². The molecule has 2 N–H and O–H groups in total. The lowest BCUT2D eigenvalue weighted by Gasteiger charge is -2.23. The molecule has 0 aliphatic carbocycles. The van der Waals surface area contributed by atoms with Gasteiger partial charge in [0.2, 0.25) is 0 Å². The highest BCUT2D eigenvalue weighted by atomic mass is 19.1. The van der Waals surface area contributed by atoms with Crippen molar-refractivity contribution in [3.63, 3.8) is 0 Å². The second-order valence-electron chi connectivity index (χ2n) is 4.83. The minimum atomic E-state index is -0.263. The quantitative estimate of drug-likeness (QED) is 0.918. The molecule has 1 aromatic heterocycles. The van der Waals surface area contributed by atoms with Crippen LogP contribution < -0.4 is 10.6 Å². The van der Waals surface area contributed by atoms with E-state index in [4.69, 9.17) is 10.2 Å². The maximum atomic E-state index is 14.0. The van der Waals surface area contributed by atoms with Gasteiger partial charge in [0.1, 0.15) is 17.3 Å². The van der Waals surface area contributed by atoms with E-state index in [1.165, 1.54) is 6.07 Å². The van der Waals surface area contributed by atoms with Crippen molar-refractivity contribution in [2.75, 3.05) is 11.9 Å². The van der Waals surface area contributed by atoms with Crippen LogP contribution in [0.15, 0.2) is 34.7 Å². The van der Waals surface area contributed by atoms with E-state index in [0.29, 0.717) is 12.2 Å². The molecule has 0 saturated carbocycles. The third-order valence-corrected chi connectivity index (χ3v) is 3.08. The zero-order valence-corrected chi connectivity index (χ0v) is 11.5. The first-order chi connectivity index (χ1) is 8.99.